The van der Waals surface area contributed by atoms with Crippen LogP contribution in [0.1, 0.15) is 18.3 Å². The minimum absolute atomic E-state index is 0.00826. The highest BCUT2D eigenvalue weighted by atomic mass is 16.5. The zero-order valence-corrected chi connectivity index (χ0v) is 11.6. The second kappa shape index (κ2) is 5.68. The molecule has 2 atom stereocenters. The lowest BCUT2D eigenvalue weighted by atomic mass is 10.1. The highest BCUT2D eigenvalue weighted by Crippen LogP contribution is 2.27. The fraction of sp³-hybridized carbons (Fsp3) is 0.667. The van der Waals surface area contributed by atoms with E-state index in [9.17, 15) is 5.11 Å². The number of rotatable bonds is 3. The average molecular weight is 267 g/mol. The minimum atomic E-state index is -0.180. The number of nitrogen functional groups attached to an aromatic ring is 1. The second-order valence-corrected chi connectivity index (χ2v) is 4.85. The van der Waals surface area contributed by atoms with E-state index >= 15 is 0 Å². The van der Waals surface area contributed by atoms with Gasteiger partial charge < -0.3 is 20.2 Å². The molecule has 0 aliphatic carbocycles. The van der Waals surface area contributed by atoms with Gasteiger partial charge in [-0.15, -0.1) is 0 Å². The van der Waals surface area contributed by atoms with Crippen molar-refractivity contribution in [1.29, 1.82) is 0 Å². The first kappa shape index (κ1) is 14.0. The van der Waals surface area contributed by atoms with Gasteiger partial charge in [-0.3, -0.25) is 0 Å². The summed E-state index contributed by atoms with van der Waals surface area (Å²) in [6, 6.07) is 0.196. The molecule has 1 saturated heterocycles. The highest BCUT2D eigenvalue weighted by Gasteiger charge is 2.28. The van der Waals surface area contributed by atoms with Crippen molar-refractivity contribution in [2.24, 2.45) is 5.84 Å². The quantitative estimate of drug-likeness (QED) is 0.522. The molecular weight excluding hydrogens is 246 g/mol. The van der Waals surface area contributed by atoms with Crippen LogP contribution in [-0.2, 0) is 4.74 Å². The molecule has 1 aromatic rings. The molecule has 7 nitrogen and oxygen atoms in total. The number of aliphatic hydroxyl groups excluding tert-OH is 1. The topological polar surface area (TPSA) is 96.5 Å². The number of nitrogens with zero attached hydrogens (tertiary/aromatic N) is 3. The molecule has 1 fully saturated rings. The number of ether oxygens (including phenoxy) is 1. The van der Waals surface area contributed by atoms with E-state index in [4.69, 9.17) is 10.6 Å². The Kier molecular flexibility index (Phi) is 4.18. The fourth-order valence-electron chi connectivity index (χ4n) is 2.26. The lowest BCUT2D eigenvalue weighted by Crippen LogP contribution is -2.50. The van der Waals surface area contributed by atoms with Crippen molar-refractivity contribution in [1.82, 2.24) is 9.97 Å². The van der Waals surface area contributed by atoms with Gasteiger partial charge in [0.05, 0.1) is 25.4 Å². The lowest BCUT2D eigenvalue weighted by molar-refractivity contribution is -0.0106. The molecule has 2 heterocycles. The summed E-state index contributed by atoms with van der Waals surface area (Å²) in [6.07, 6.45) is -0.180. The van der Waals surface area contributed by atoms with Gasteiger partial charge in [-0.2, -0.15) is 0 Å². The van der Waals surface area contributed by atoms with E-state index in [1.165, 1.54) is 0 Å². The number of hydrogen-bond donors (Lipinski definition) is 3. The zero-order chi connectivity index (χ0) is 14.0. The standard InChI is InChI=1S/C12H21N5O2/c1-7-6-19-10(5-18)4-17(7)12-8(2)11(16-13)14-9(3)15-12/h7,10,18H,4-6,13H2,1-3H3,(H,14,15,16). The molecule has 0 spiro atoms. The van der Waals surface area contributed by atoms with E-state index in [0.717, 1.165) is 11.4 Å². The van der Waals surface area contributed by atoms with Crippen LogP contribution in [0, 0.1) is 13.8 Å². The Bertz CT molecular complexity index is 454. The molecule has 2 rings (SSSR count). The van der Waals surface area contributed by atoms with Crippen LogP contribution in [0.2, 0.25) is 0 Å². The molecule has 1 aromatic heterocycles. The second-order valence-electron chi connectivity index (χ2n) is 4.85. The van der Waals surface area contributed by atoms with Gasteiger partial charge in [-0.25, -0.2) is 15.8 Å². The maximum Gasteiger partial charge on any atom is 0.148 e. The molecule has 4 N–H and O–H groups in total. The third-order valence-electron chi connectivity index (χ3n) is 3.35. The highest BCUT2D eigenvalue weighted by molar-refractivity contribution is 5.58. The van der Waals surface area contributed by atoms with Crippen molar-refractivity contribution in [3.63, 3.8) is 0 Å². The van der Waals surface area contributed by atoms with Crippen LogP contribution in [0.5, 0.6) is 0 Å². The molecule has 2 unspecified atom stereocenters. The molecule has 0 aromatic carbocycles. The maximum absolute atomic E-state index is 9.25. The first-order valence-electron chi connectivity index (χ1n) is 6.37. The van der Waals surface area contributed by atoms with Crippen LogP contribution in [0.15, 0.2) is 0 Å². The smallest absolute Gasteiger partial charge is 0.148 e. The molecule has 0 saturated carbocycles. The Morgan fingerprint density at radius 2 is 2.21 bits per heavy atom. The van der Waals surface area contributed by atoms with Crippen molar-refractivity contribution in [2.75, 3.05) is 30.1 Å². The molecule has 0 radical (unpaired) electrons. The van der Waals surface area contributed by atoms with Crippen molar-refractivity contribution in [3.8, 4) is 0 Å². The van der Waals surface area contributed by atoms with E-state index in [1.807, 2.05) is 13.8 Å². The van der Waals surface area contributed by atoms with Crippen LogP contribution in [-0.4, -0.2) is 47.0 Å². The molecule has 19 heavy (non-hydrogen) atoms. The number of aryl methyl sites for hydroxylation is 1. The summed E-state index contributed by atoms with van der Waals surface area (Å²) in [7, 11) is 0. The number of hydrazine groups is 1. The summed E-state index contributed by atoms with van der Waals surface area (Å²) in [5.41, 5.74) is 3.50. The van der Waals surface area contributed by atoms with Crippen LogP contribution in [0.3, 0.4) is 0 Å². The average Bonchev–Trinajstić information content (AvgIpc) is 2.41. The molecule has 7 heteroatoms. The van der Waals surface area contributed by atoms with Gasteiger partial charge in [0.2, 0.25) is 0 Å². The summed E-state index contributed by atoms with van der Waals surface area (Å²) in [5, 5.41) is 9.25. The third-order valence-corrected chi connectivity index (χ3v) is 3.35. The van der Waals surface area contributed by atoms with E-state index in [1.54, 1.807) is 0 Å². The van der Waals surface area contributed by atoms with Gasteiger partial charge in [0.25, 0.3) is 0 Å². The first-order valence-corrected chi connectivity index (χ1v) is 6.37. The van der Waals surface area contributed by atoms with Crippen LogP contribution < -0.4 is 16.2 Å². The minimum Gasteiger partial charge on any atom is -0.394 e. The van der Waals surface area contributed by atoms with Crippen molar-refractivity contribution < 1.29 is 9.84 Å². The molecule has 0 amide bonds. The van der Waals surface area contributed by atoms with Crippen molar-refractivity contribution in [3.05, 3.63) is 11.4 Å². The molecule has 0 bridgehead atoms. The van der Waals surface area contributed by atoms with E-state index in [-0.39, 0.29) is 18.8 Å². The maximum atomic E-state index is 9.25. The predicted octanol–water partition coefficient (Wildman–Crippen LogP) is -0.0350. The predicted molar refractivity (Wildman–Crippen MR) is 72.9 cm³/mol. The van der Waals surface area contributed by atoms with Gasteiger partial charge in [0, 0.05) is 12.1 Å². The summed E-state index contributed by atoms with van der Waals surface area (Å²) < 4.78 is 5.54. The van der Waals surface area contributed by atoms with Gasteiger partial charge in [0.1, 0.15) is 17.5 Å². The van der Waals surface area contributed by atoms with Crippen LogP contribution in [0.4, 0.5) is 11.6 Å². The summed E-state index contributed by atoms with van der Waals surface area (Å²) in [6.45, 7) is 7.02. The Hall–Kier alpha value is -1.44. The number of hydrogen-bond acceptors (Lipinski definition) is 7. The van der Waals surface area contributed by atoms with Crippen molar-refractivity contribution in [2.45, 2.75) is 32.9 Å². The number of nitrogens with two attached hydrogens (primary N) is 1. The first-order chi connectivity index (χ1) is 9.06. The van der Waals surface area contributed by atoms with E-state index in [2.05, 4.69) is 27.2 Å². The Morgan fingerprint density at radius 3 is 2.84 bits per heavy atom. The summed E-state index contributed by atoms with van der Waals surface area (Å²) in [5.74, 6) is 7.61. The van der Waals surface area contributed by atoms with Crippen molar-refractivity contribution >= 4 is 11.6 Å². The monoisotopic (exact) mass is 267 g/mol. The number of nitrogens with one attached hydrogen (secondary N) is 1. The van der Waals surface area contributed by atoms with Crippen LogP contribution >= 0.6 is 0 Å². The zero-order valence-electron chi connectivity index (χ0n) is 11.6. The number of aromatic nitrogens is 2. The van der Waals surface area contributed by atoms with E-state index < -0.39 is 0 Å². The molecule has 1 aliphatic heterocycles. The largest absolute Gasteiger partial charge is 0.394 e. The number of aliphatic hydroxyl groups is 1. The SMILES string of the molecule is Cc1nc(NN)c(C)c(N2CC(CO)OCC2C)n1. The molecular formula is C12H21N5O2. The molecule has 106 valence electrons. The Balaban J connectivity index is 2.36. The summed E-state index contributed by atoms with van der Waals surface area (Å²) in [4.78, 5) is 10.9. The number of morpholine rings is 1. The van der Waals surface area contributed by atoms with Gasteiger partial charge in [-0.1, -0.05) is 0 Å². The number of anilines is 2. The van der Waals surface area contributed by atoms with Gasteiger partial charge in [0.15, 0.2) is 0 Å². The fourth-order valence-corrected chi connectivity index (χ4v) is 2.26. The summed E-state index contributed by atoms with van der Waals surface area (Å²) >= 11 is 0. The van der Waals surface area contributed by atoms with Crippen LogP contribution in [0.25, 0.3) is 0 Å². The van der Waals surface area contributed by atoms with Gasteiger partial charge in [-0.05, 0) is 20.8 Å². The van der Waals surface area contributed by atoms with E-state index in [0.29, 0.717) is 24.8 Å². The lowest BCUT2D eigenvalue weighted by Gasteiger charge is -2.39. The van der Waals surface area contributed by atoms with Gasteiger partial charge >= 0.3 is 0 Å². The third kappa shape index (κ3) is 2.78. The normalized spacial score (nSPS) is 23.5. The molecule has 1 aliphatic rings. The Morgan fingerprint density at radius 1 is 1.47 bits per heavy atom. The Labute approximate surface area is 112 Å².